The highest BCUT2D eigenvalue weighted by atomic mass is 19.5. The van der Waals surface area contributed by atoms with Crippen LogP contribution < -0.4 is 9.47 Å². The Morgan fingerprint density at radius 2 is 1.67 bits per heavy atom. The van der Waals surface area contributed by atoms with Gasteiger partial charge >= 0.3 is 7.25 Å². The molecular weight excluding hydrogens is 319 g/mol. The molecule has 0 saturated heterocycles. The van der Waals surface area contributed by atoms with Crippen LogP contribution in [-0.2, 0) is 6.54 Å². The van der Waals surface area contributed by atoms with Crippen molar-refractivity contribution in [2.24, 2.45) is 0 Å². The molecule has 2 rings (SSSR count). The van der Waals surface area contributed by atoms with E-state index in [0.717, 1.165) is 6.54 Å². The minimum atomic E-state index is -6.00. The zero-order valence-electron chi connectivity index (χ0n) is 14.5. The van der Waals surface area contributed by atoms with E-state index in [-0.39, 0.29) is 0 Å². The van der Waals surface area contributed by atoms with Crippen LogP contribution in [0.5, 0.6) is 0 Å². The molecule has 0 bridgehead atoms. The number of rotatable bonds is 6. The molecule has 1 aromatic heterocycles. The van der Waals surface area contributed by atoms with Gasteiger partial charge in [-0.05, 0) is 24.6 Å². The van der Waals surface area contributed by atoms with E-state index < -0.39 is 7.25 Å². The summed E-state index contributed by atoms with van der Waals surface area (Å²) in [6.45, 7) is 3.38. The first kappa shape index (κ1) is 20.3. The number of aromatic nitrogens is 1. The second kappa shape index (κ2) is 9.50. The Balaban J connectivity index is 0.000000505. The number of nitrogens with zero attached hydrogens (tertiary/aromatic N) is 2. The van der Waals surface area contributed by atoms with Crippen LogP contribution in [0.4, 0.5) is 23.0 Å². The Bertz CT molecular complexity index is 624. The third-order valence-corrected chi connectivity index (χ3v) is 3.63. The fourth-order valence-corrected chi connectivity index (χ4v) is 2.43. The van der Waals surface area contributed by atoms with E-state index in [1.54, 1.807) is 0 Å². The monoisotopic (exact) mass is 344 g/mol. The Morgan fingerprint density at radius 1 is 1.00 bits per heavy atom. The van der Waals surface area contributed by atoms with Gasteiger partial charge in [0.2, 0.25) is 5.52 Å². The third-order valence-electron chi connectivity index (χ3n) is 3.63. The number of halogens is 4. The van der Waals surface area contributed by atoms with E-state index in [2.05, 4.69) is 67.0 Å². The van der Waals surface area contributed by atoms with Crippen LogP contribution in [0, 0.1) is 0 Å². The van der Waals surface area contributed by atoms with E-state index in [4.69, 9.17) is 0 Å². The quantitative estimate of drug-likeness (QED) is 0.307. The minimum Gasteiger partial charge on any atom is -0.418 e. The van der Waals surface area contributed by atoms with E-state index in [1.165, 1.54) is 42.3 Å². The summed E-state index contributed by atoms with van der Waals surface area (Å²) in [5.41, 5.74) is 2.60. The molecule has 2 nitrogen and oxygen atoms in total. The topological polar surface area (TPSA) is 7.12 Å². The van der Waals surface area contributed by atoms with Crippen LogP contribution in [0.2, 0.25) is 0 Å². The molecule has 7 heteroatoms. The average Bonchev–Trinajstić information content (AvgIpc) is 2.49. The number of aryl methyl sites for hydroxylation is 1. The van der Waals surface area contributed by atoms with Crippen molar-refractivity contribution < 1.29 is 21.8 Å². The highest BCUT2D eigenvalue weighted by Gasteiger charge is 2.20. The molecule has 0 aliphatic carbocycles. The Morgan fingerprint density at radius 3 is 2.25 bits per heavy atom. The predicted octanol–water partition coefficient (Wildman–Crippen LogP) is 5.07. The van der Waals surface area contributed by atoms with Gasteiger partial charge in [0.05, 0.1) is 0 Å². The molecule has 0 saturated carbocycles. The molecule has 1 aromatic carbocycles. The maximum absolute atomic E-state index is 9.75. The number of benzene rings is 1. The Kier molecular flexibility index (Phi) is 8.02. The summed E-state index contributed by atoms with van der Waals surface area (Å²) in [6, 6.07) is 11.0. The minimum absolute atomic E-state index is 1.12. The molecule has 0 aliphatic rings. The van der Waals surface area contributed by atoms with Crippen molar-refractivity contribution in [1.82, 2.24) is 0 Å². The zero-order chi connectivity index (χ0) is 18.2. The number of fused-ring (bicyclic) bond motifs is 1. The van der Waals surface area contributed by atoms with E-state index >= 15 is 0 Å². The molecule has 0 atom stereocenters. The van der Waals surface area contributed by atoms with Crippen LogP contribution in [0.15, 0.2) is 36.5 Å². The maximum Gasteiger partial charge on any atom is 0.673 e. The van der Waals surface area contributed by atoms with Gasteiger partial charge in [-0.25, -0.2) is 0 Å². The van der Waals surface area contributed by atoms with Crippen LogP contribution in [-0.4, -0.2) is 21.3 Å². The van der Waals surface area contributed by atoms with Gasteiger partial charge in [0, 0.05) is 43.7 Å². The fraction of sp³-hybridized carbons (Fsp3) is 0.471. The Hall–Kier alpha value is -1.79. The van der Waals surface area contributed by atoms with Crippen molar-refractivity contribution in [3.8, 4) is 0 Å². The predicted molar refractivity (Wildman–Crippen MR) is 92.8 cm³/mol. The molecule has 0 spiro atoms. The lowest BCUT2D eigenvalue weighted by Crippen LogP contribution is -2.34. The Labute approximate surface area is 141 Å². The molecule has 0 fully saturated rings. The van der Waals surface area contributed by atoms with Crippen molar-refractivity contribution in [1.29, 1.82) is 0 Å². The molecule has 0 amide bonds. The van der Waals surface area contributed by atoms with Gasteiger partial charge in [0.15, 0.2) is 6.20 Å². The van der Waals surface area contributed by atoms with Gasteiger partial charge in [-0.3, -0.25) is 0 Å². The first-order valence-electron chi connectivity index (χ1n) is 8.19. The largest absolute Gasteiger partial charge is 0.673 e. The highest BCUT2D eigenvalue weighted by molar-refractivity contribution is 6.50. The lowest BCUT2D eigenvalue weighted by molar-refractivity contribution is -0.671. The second-order valence-electron chi connectivity index (χ2n) is 5.89. The summed E-state index contributed by atoms with van der Waals surface area (Å²) in [4.78, 5) is 2.16. The number of hydrogen-bond acceptors (Lipinski definition) is 1. The van der Waals surface area contributed by atoms with Crippen LogP contribution in [0.25, 0.3) is 10.9 Å². The summed E-state index contributed by atoms with van der Waals surface area (Å²) in [5.74, 6) is 0. The van der Waals surface area contributed by atoms with Gasteiger partial charge in [0.1, 0.15) is 6.54 Å². The SMILES string of the molecule is CCCCCC[n+]1cccc2ccc(N(C)C)cc21.F[B-](F)(F)F. The third kappa shape index (κ3) is 7.66. The molecule has 0 N–H and O–H groups in total. The van der Waals surface area contributed by atoms with Crippen LogP contribution in [0.3, 0.4) is 0 Å². The van der Waals surface area contributed by atoms with Gasteiger partial charge < -0.3 is 22.2 Å². The molecule has 2 aromatic rings. The number of unbranched alkanes of at least 4 members (excludes halogenated alkanes) is 3. The van der Waals surface area contributed by atoms with E-state index in [1.807, 2.05) is 0 Å². The molecule has 24 heavy (non-hydrogen) atoms. The van der Waals surface area contributed by atoms with Gasteiger partial charge in [0.25, 0.3) is 0 Å². The number of pyridine rings is 1. The molecule has 1 heterocycles. The lowest BCUT2D eigenvalue weighted by Gasteiger charge is -2.12. The summed E-state index contributed by atoms with van der Waals surface area (Å²) >= 11 is 0. The van der Waals surface area contributed by atoms with E-state index in [9.17, 15) is 17.3 Å². The summed E-state index contributed by atoms with van der Waals surface area (Å²) in [6.07, 6.45) is 7.43. The maximum atomic E-state index is 9.75. The smallest absolute Gasteiger partial charge is 0.418 e. The summed E-state index contributed by atoms with van der Waals surface area (Å²) < 4.78 is 41.4. The average molecular weight is 344 g/mol. The number of anilines is 1. The van der Waals surface area contributed by atoms with Crippen molar-refractivity contribution in [3.63, 3.8) is 0 Å². The van der Waals surface area contributed by atoms with Crippen molar-refractivity contribution in [2.75, 3.05) is 19.0 Å². The first-order chi connectivity index (χ1) is 11.2. The van der Waals surface area contributed by atoms with Gasteiger partial charge in [-0.1, -0.05) is 19.8 Å². The molecule has 134 valence electrons. The van der Waals surface area contributed by atoms with E-state index in [0.29, 0.717) is 0 Å². The fourth-order valence-electron chi connectivity index (χ4n) is 2.43. The molecular formula is C17H25BF4N2. The van der Waals surface area contributed by atoms with Crippen LogP contribution in [0.1, 0.15) is 32.6 Å². The zero-order valence-corrected chi connectivity index (χ0v) is 14.5. The summed E-state index contributed by atoms with van der Waals surface area (Å²) in [5, 5.41) is 1.32. The van der Waals surface area contributed by atoms with Crippen LogP contribution >= 0.6 is 0 Å². The molecule has 0 aliphatic heterocycles. The first-order valence-corrected chi connectivity index (χ1v) is 8.19. The van der Waals surface area contributed by atoms with Crippen molar-refractivity contribution in [2.45, 2.75) is 39.2 Å². The normalized spacial score (nSPS) is 11.1. The van der Waals surface area contributed by atoms with Gasteiger partial charge in [-0.2, -0.15) is 4.57 Å². The van der Waals surface area contributed by atoms with Crippen molar-refractivity contribution >= 4 is 23.8 Å². The molecule has 0 radical (unpaired) electrons. The second-order valence-corrected chi connectivity index (χ2v) is 5.89. The standard InChI is InChI=1S/C17H25N2.BF4/c1-4-5-6-7-12-19-13-8-9-15-10-11-16(18(2)3)14-17(15)19;2-1(3,4)5/h8-11,13-14H,4-7,12H2,1-3H3;/q+1;-1. The lowest BCUT2D eigenvalue weighted by atomic mass is 10.1. The molecule has 0 unspecified atom stereocenters. The number of hydrogen-bond donors (Lipinski definition) is 0. The van der Waals surface area contributed by atoms with Gasteiger partial charge in [-0.15, -0.1) is 0 Å². The highest BCUT2D eigenvalue weighted by Crippen LogP contribution is 2.18. The summed E-state index contributed by atoms with van der Waals surface area (Å²) in [7, 11) is -1.81. The van der Waals surface area contributed by atoms with Crippen molar-refractivity contribution in [3.05, 3.63) is 36.5 Å².